The maximum Gasteiger partial charge on any atom is 0.416 e. The first kappa shape index (κ1) is 31.5. The van der Waals surface area contributed by atoms with Crippen LogP contribution in [0.1, 0.15) is 66.0 Å². The van der Waals surface area contributed by atoms with Gasteiger partial charge in [0.25, 0.3) is 0 Å². The lowest BCUT2D eigenvalue weighted by atomic mass is 9.93. The molecule has 43 heavy (non-hydrogen) atoms. The molecule has 0 amide bonds. The first-order chi connectivity index (χ1) is 20.4. The molecule has 0 aliphatic carbocycles. The Balaban J connectivity index is 1.70. The second kappa shape index (κ2) is 13.7. The minimum atomic E-state index is -4.47. The van der Waals surface area contributed by atoms with Crippen LogP contribution in [0.4, 0.5) is 19.1 Å². The average Bonchev–Trinajstić information content (AvgIpc) is 2.94. The number of aromatic nitrogens is 2. The molecule has 1 heterocycles. The van der Waals surface area contributed by atoms with Crippen molar-refractivity contribution < 1.29 is 27.8 Å². The van der Waals surface area contributed by atoms with E-state index >= 15 is 0 Å². The zero-order chi connectivity index (χ0) is 31.1. The number of hydrogen-bond donors (Lipinski definition) is 1. The number of carboxylic acid groups (broad SMARTS) is 1. The zero-order valence-electron chi connectivity index (χ0n) is 24.8. The summed E-state index contributed by atoms with van der Waals surface area (Å²) in [4.78, 5) is 21.6. The summed E-state index contributed by atoms with van der Waals surface area (Å²) in [6.45, 7) is 8.63. The van der Waals surface area contributed by atoms with Gasteiger partial charge in [-0.25, -0.2) is 9.97 Å². The lowest BCUT2D eigenvalue weighted by Gasteiger charge is -2.25. The molecule has 4 rings (SSSR count). The molecule has 0 unspecified atom stereocenters. The van der Waals surface area contributed by atoms with E-state index in [1.807, 2.05) is 24.0 Å². The third-order valence-corrected chi connectivity index (χ3v) is 7.03. The Morgan fingerprint density at radius 1 is 0.953 bits per heavy atom. The molecule has 226 valence electrons. The number of carboxylic acids is 1. The number of ether oxygens (including phenoxy) is 1. The topological polar surface area (TPSA) is 75.6 Å². The van der Waals surface area contributed by atoms with Crippen molar-refractivity contribution in [2.24, 2.45) is 0 Å². The number of benzene rings is 3. The van der Waals surface area contributed by atoms with E-state index < -0.39 is 17.7 Å². The van der Waals surface area contributed by atoms with Crippen LogP contribution in [0.5, 0.6) is 5.75 Å². The number of halogens is 3. The van der Waals surface area contributed by atoms with E-state index in [-0.39, 0.29) is 19.6 Å². The number of anilines is 1. The zero-order valence-corrected chi connectivity index (χ0v) is 24.8. The number of alkyl halides is 3. The highest BCUT2D eigenvalue weighted by Crippen LogP contribution is 2.33. The predicted octanol–water partition coefficient (Wildman–Crippen LogP) is 8.35. The van der Waals surface area contributed by atoms with Crippen LogP contribution in [0.3, 0.4) is 0 Å². The van der Waals surface area contributed by atoms with Gasteiger partial charge in [-0.1, -0.05) is 73.5 Å². The maximum absolute atomic E-state index is 13.7. The van der Waals surface area contributed by atoms with Gasteiger partial charge in [-0.3, -0.25) is 4.79 Å². The smallest absolute Gasteiger partial charge is 0.416 e. The van der Waals surface area contributed by atoms with Crippen LogP contribution in [-0.2, 0) is 24.1 Å². The molecule has 0 aliphatic heterocycles. The number of carbonyl (C=O) groups is 1. The standard InChI is InChI=1S/C34H36F3N3O3/c1-22(2)26-7-5-8-27(17-26)31-11-10-23(3)14-28(31)21-40(20-25-13-24(4)15-29(16-25)34(35,36)37)33-38-18-30(19-39-33)43-12-6-9-32(41)42/h5,7-8,10-11,13-19,22H,6,9,12,20-21H2,1-4H3,(H,41,42). The Morgan fingerprint density at radius 2 is 1.70 bits per heavy atom. The summed E-state index contributed by atoms with van der Waals surface area (Å²) in [7, 11) is 0. The SMILES string of the molecule is Cc1cc(CN(Cc2cc(C)ccc2-c2cccc(C(C)C)c2)c2ncc(OCCCC(=O)O)cn2)cc(C(F)(F)F)c1. The van der Waals surface area contributed by atoms with E-state index in [4.69, 9.17) is 9.84 Å². The summed E-state index contributed by atoms with van der Waals surface area (Å²) in [5, 5.41) is 8.83. The van der Waals surface area contributed by atoms with Crippen molar-refractivity contribution >= 4 is 11.9 Å². The molecule has 0 saturated heterocycles. The van der Waals surface area contributed by atoms with Crippen molar-refractivity contribution in [3.05, 3.63) is 106 Å². The quantitative estimate of drug-likeness (QED) is 0.167. The van der Waals surface area contributed by atoms with Crippen molar-refractivity contribution in [3.63, 3.8) is 0 Å². The minimum absolute atomic E-state index is 0.0119. The van der Waals surface area contributed by atoms with Gasteiger partial charge in [-0.2, -0.15) is 13.2 Å². The van der Waals surface area contributed by atoms with Crippen molar-refractivity contribution in [2.75, 3.05) is 11.5 Å². The van der Waals surface area contributed by atoms with Gasteiger partial charge in [-0.05, 0) is 66.1 Å². The molecule has 0 saturated carbocycles. The molecule has 6 nitrogen and oxygen atoms in total. The molecular weight excluding hydrogens is 555 g/mol. The monoisotopic (exact) mass is 591 g/mol. The van der Waals surface area contributed by atoms with Gasteiger partial charge in [0.2, 0.25) is 5.95 Å². The molecule has 0 radical (unpaired) electrons. The molecule has 0 bridgehead atoms. The fourth-order valence-corrected chi connectivity index (χ4v) is 4.90. The highest BCUT2D eigenvalue weighted by atomic mass is 19.4. The number of aryl methyl sites for hydroxylation is 2. The summed E-state index contributed by atoms with van der Waals surface area (Å²) in [5.74, 6) is 0.164. The fraction of sp³-hybridized carbons (Fsp3) is 0.324. The van der Waals surface area contributed by atoms with E-state index in [0.717, 1.165) is 28.3 Å². The Labute approximate surface area is 250 Å². The van der Waals surface area contributed by atoms with Gasteiger partial charge in [0.15, 0.2) is 5.75 Å². The maximum atomic E-state index is 13.7. The van der Waals surface area contributed by atoms with Crippen molar-refractivity contribution in [1.82, 2.24) is 9.97 Å². The van der Waals surface area contributed by atoms with Gasteiger partial charge >= 0.3 is 12.1 Å². The summed E-state index contributed by atoms with van der Waals surface area (Å²) < 4.78 is 46.6. The van der Waals surface area contributed by atoms with Gasteiger partial charge in [0.1, 0.15) is 0 Å². The summed E-state index contributed by atoms with van der Waals surface area (Å²) >= 11 is 0. The third-order valence-electron chi connectivity index (χ3n) is 7.03. The average molecular weight is 592 g/mol. The number of aliphatic carboxylic acids is 1. The largest absolute Gasteiger partial charge is 0.490 e. The second-order valence-electron chi connectivity index (χ2n) is 11.1. The van der Waals surface area contributed by atoms with Crippen molar-refractivity contribution in [1.29, 1.82) is 0 Å². The molecule has 1 N–H and O–H groups in total. The lowest BCUT2D eigenvalue weighted by molar-refractivity contribution is -0.138. The molecule has 0 aliphatic rings. The minimum Gasteiger partial charge on any atom is -0.490 e. The van der Waals surface area contributed by atoms with Crippen LogP contribution in [0.25, 0.3) is 11.1 Å². The molecule has 0 atom stereocenters. The van der Waals surface area contributed by atoms with Crippen LogP contribution in [-0.4, -0.2) is 27.7 Å². The fourth-order valence-electron chi connectivity index (χ4n) is 4.90. The van der Waals surface area contributed by atoms with E-state index in [1.165, 1.54) is 24.0 Å². The highest BCUT2D eigenvalue weighted by molar-refractivity contribution is 5.69. The predicted molar refractivity (Wildman–Crippen MR) is 161 cm³/mol. The van der Waals surface area contributed by atoms with Gasteiger partial charge in [-0.15, -0.1) is 0 Å². The van der Waals surface area contributed by atoms with Gasteiger partial charge in [0.05, 0.1) is 24.6 Å². The van der Waals surface area contributed by atoms with Crippen LogP contribution in [0, 0.1) is 13.8 Å². The van der Waals surface area contributed by atoms with Crippen LogP contribution in [0.2, 0.25) is 0 Å². The summed E-state index contributed by atoms with van der Waals surface area (Å²) in [6, 6.07) is 18.6. The Kier molecular flexibility index (Phi) is 10.1. The molecule has 9 heteroatoms. The van der Waals surface area contributed by atoms with Crippen molar-refractivity contribution in [3.8, 4) is 16.9 Å². The molecule has 4 aromatic rings. The van der Waals surface area contributed by atoms with E-state index in [1.54, 1.807) is 13.0 Å². The lowest BCUT2D eigenvalue weighted by Crippen LogP contribution is -2.25. The van der Waals surface area contributed by atoms with Gasteiger partial charge in [0, 0.05) is 19.5 Å². The first-order valence-corrected chi connectivity index (χ1v) is 14.2. The molecule has 0 spiro atoms. The van der Waals surface area contributed by atoms with E-state index in [2.05, 4.69) is 54.1 Å². The Bertz CT molecular complexity index is 1550. The molecule has 0 fully saturated rings. The van der Waals surface area contributed by atoms with Crippen molar-refractivity contribution in [2.45, 2.75) is 65.7 Å². The summed E-state index contributed by atoms with van der Waals surface area (Å²) in [5.41, 5.74) is 5.64. The third kappa shape index (κ3) is 8.80. The molecular formula is C34H36F3N3O3. The Hall–Kier alpha value is -4.40. The van der Waals surface area contributed by atoms with Crippen LogP contribution >= 0.6 is 0 Å². The number of hydrogen-bond acceptors (Lipinski definition) is 5. The number of rotatable bonds is 12. The molecule has 3 aromatic carbocycles. The van der Waals surface area contributed by atoms with E-state index in [0.29, 0.717) is 41.7 Å². The van der Waals surface area contributed by atoms with Gasteiger partial charge < -0.3 is 14.7 Å². The number of nitrogens with zero attached hydrogens (tertiary/aromatic N) is 3. The van der Waals surface area contributed by atoms with E-state index in [9.17, 15) is 18.0 Å². The molecule has 1 aromatic heterocycles. The Morgan fingerprint density at radius 3 is 2.37 bits per heavy atom. The highest BCUT2D eigenvalue weighted by Gasteiger charge is 2.31. The summed E-state index contributed by atoms with van der Waals surface area (Å²) in [6.07, 6.45) is -1.14. The second-order valence-corrected chi connectivity index (χ2v) is 11.1. The van der Waals surface area contributed by atoms with Crippen LogP contribution < -0.4 is 9.64 Å². The normalized spacial score (nSPS) is 11.5. The van der Waals surface area contributed by atoms with Crippen LogP contribution in [0.15, 0.2) is 73.1 Å². The first-order valence-electron chi connectivity index (χ1n) is 14.2.